The van der Waals surface area contributed by atoms with Crippen LogP contribution in [0.5, 0.6) is 11.5 Å². The number of anilines is 2. The van der Waals surface area contributed by atoms with E-state index < -0.39 is 5.54 Å². The van der Waals surface area contributed by atoms with Gasteiger partial charge in [-0.2, -0.15) is 0 Å². The summed E-state index contributed by atoms with van der Waals surface area (Å²) in [6.07, 6.45) is 0. The Kier molecular flexibility index (Phi) is 5.38. The summed E-state index contributed by atoms with van der Waals surface area (Å²) in [4.78, 5) is 29.0. The molecule has 0 saturated carbocycles. The van der Waals surface area contributed by atoms with Gasteiger partial charge in [-0.25, -0.2) is 5.01 Å². The van der Waals surface area contributed by atoms with E-state index in [0.29, 0.717) is 29.2 Å². The van der Waals surface area contributed by atoms with Gasteiger partial charge in [-0.3, -0.25) is 15.0 Å². The fourth-order valence-corrected chi connectivity index (χ4v) is 7.15. The van der Waals surface area contributed by atoms with Crippen LogP contribution in [0.1, 0.15) is 56.8 Å². The maximum absolute atomic E-state index is 14.6. The number of hydrazine groups is 1. The molecule has 0 fully saturated rings. The molecule has 1 unspecified atom stereocenters. The van der Waals surface area contributed by atoms with Crippen LogP contribution >= 0.6 is 0 Å². The first-order valence-electron chi connectivity index (χ1n) is 14.7. The van der Waals surface area contributed by atoms with Crippen LogP contribution in [0, 0.1) is 6.92 Å². The molecule has 5 aromatic rings. The number of hydrogen-bond acceptors (Lipinski definition) is 5. The summed E-state index contributed by atoms with van der Waals surface area (Å²) < 4.78 is 6.71. The number of nitrogens with one attached hydrogen (secondary N) is 3. The summed E-state index contributed by atoms with van der Waals surface area (Å²) in [6, 6.07) is 27.8. The second kappa shape index (κ2) is 9.10. The molecule has 2 bridgehead atoms. The number of fused-ring (bicyclic) bond motifs is 7. The van der Waals surface area contributed by atoms with Crippen LogP contribution in [-0.4, -0.2) is 29.9 Å². The van der Waals surface area contributed by atoms with E-state index in [4.69, 9.17) is 4.74 Å². The van der Waals surface area contributed by atoms with Crippen molar-refractivity contribution < 1.29 is 14.3 Å². The Morgan fingerprint density at radius 1 is 0.744 bits per heavy atom. The van der Waals surface area contributed by atoms with E-state index in [-0.39, 0.29) is 11.8 Å². The van der Waals surface area contributed by atoms with Crippen molar-refractivity contribution in [2.24, 2.45) is 0 Å². The number of benzene rings is 5. The van der Waals surface area contributed by atoms with Crippen molar-refractivity contribution in [2.75, 3.05) is 23.7 Å². The predicted molar refractivity (Wildman–Crippen MR) is 169 cm³/mol. The average molecular weight is 567 g/mol. The van der Waals surface area contributed by atoms with Crippen molar-refractivity contribution in [1.82, 2.24) is 10.4 Å². The zero-order valence-corrected chi connectivity index (χ0v) is 24.2. The zero-order valence-electron chi connectivity index (χ0n) is 24.2. The molecule has 212 valence electrons. The van der Waals surface area contributed by atoms with Gasteiger partial charge in [0.05, 0.1) is 5.56 Å². The number of carbonyl (C=O) groups excluding carboxylic acids is 2. The van der Waals surface area contributed by atoms with Crippen LogP contribution in [0.15, 0.2) is 84.9 Å². The van der Waals surface area contributed by atoms with Crippen molar-refractivity contribution >= 4 is 34.0 Å². The van der Waals surface area contributed by atoms with Gasteiger partial charge in [0.15, 0.2) is 0 Å². The van der Waals surface area contributed by atoms with Crippen molar-refractivity contribution in [2.45, 2.75) is 26.3 Å². The van der Waals surface area contributed by atoms with Gasteiger partial charge in [0.1, 0.15) is 17.0 Å². The summed E-state index contributed by atoms with van der Waals surface area (Å²) >= 11 is 0. The standard InChI is InChI=1S/C36H30N4O3/c1-4-37-29-18-31-27(16-20(29)3)36-26-13-9-8-12-24(26)35(42)40(36)39-34(41)33-22-11-7-6-10-21(22)14-15-23(33)25-17-28(36)32(43-31)19-30(25)38-5-2/h6-19,37-38H,4-5H2,1-3H3,(H,39,41). The molecular formula is C36H30N4O3. The summed E-state index contributed by atoms with van der Waals surface area (Å²) in [5.74, 6) is 0.659. The first-order valence-corrected chi connectivity index (χ1v) is 14.7. The number of amides is 2. The second-order valence-corrected chi connectivity index (χ2v) is 11.3. The largest absolute Gasteiger partial charge is 0.456 e. The Hall–Kier alpha value is -5.30. The summed E-state index contributed by atoms with van der Waals surface area (Å²) in [7, 11) is 0. The van der Waals surface area contributed by atoms with E-state index in [2.05, 4.69) is 35.1 Å². The third-order valence-corrected chi connectivity index (χ3v) is 8.93. The Bertz CT molecular complexity index is 2030. The van der Waals surface area contributed by atoms with Crippen molar-refractivity contribution in [3.05, 3.63) is 118 Å². The molecule has 7 nitrogen and oxygen atoms in total. The lowest BCUT2D eigenvalue weighted by Crippen LogP contribution is -2.55. The number of rotatable bonds is 4. The minimum atomic E-state index is -1.15. The summed E-state index contributed by atoms with van der Waals surface area (Å²) in [5, 5.41) is 10.3. The van der Waals surface area contributed by atoms with E-state index in [0.717, 1.165) is 62.1 Å². The highest BCUT2D eigenvalue weighted by molar-refractivity contribution is 6.15. The Balaban J connectivity index is 1.53. The van der Waals surface area contributed by atoms with E-state index in [1.807, 2.05) is 86.6 Å². The molecule has 0 radical (unpaired) electrons. The molecule has 1 atom stereocenters. The lowest BCUT2D eigenvalue weighted by Gasteiger charge is -2.44. The molecule has 8 rings (SSSR count). The van der Waals surface area contributed by atoms with Gasteiger partial charge in [0.25, 0.3) is 11.8 Å². The molecule has 7 heteroatoms. The van der Waals surface area contributed by atoms with Gasteiger partial charge in [0, 0.05) is 64.4 Å². The predicted octanol–water partition coefficient (Wildman–Crippen LogP) is 7.19. The molecule has 1 spiro atoms. The van der Waals surface area contributed by atoms with Crippen LogP contribution in [0.2, 0.25) is 0 Å². The van der Waals surface area contributed by atoms with Gasteiger partial charge in [0.2, 0.25) is 0 Å². The maximum Gasteiger partial charge on any atom is 0.274 e. The van der Waals surface area contributed by atoms with Crippen LogP contribution in [0.3, 0.4) is 0 Å². The van der Waals surface area contributed by atoms with Crippen LogP contribution in [-0.2, 0) is 5.54 Å². The molecule has 43 heavy (non-hydrogen) atoms. The van der Waals surface area contributed by atoms with Gasteiger partial charge in [-0.1, -0.05) is 54.6 Å². The summed E-state index contributed by atoms with van der Waals surface area (Å²) in [6.45, 7) is 7.59. The van der Waals surface area contributed by atoms with Crippen LogP contribution in [0.4, 0.5) is 11.4 Å². The maximum atomic E-state index is 14.6. The fourth-order valence-electron chi connectivity index (χ4n) is 7.15. The van der Waals surface area contributed by atoms with E-state index in [1.54, 1.807) is 5.01 Å². The molecule has 0 saturated heterocycles. The molecule has 3 aliphatic rings. The monoisotopic (exact) mass is 566 g/mol. The van der Waals surface area contributed by atoms with Gasteiger partial charge >= 0.3 is 0 Å². The number of nitrogens with zero attached hydrogens (tertiary/aromatic N) is 1. The van der Waals surface area contributed by atoms with Crippen molar-refractivity contribution in [1.29, 1.82) is 0 Å². The SMILES string of the molecule is CCNc1cc2c(cc1C)C13c4cc(c(NCC)cc4O2)-c2ccc4ccccc4c2C(=O)NN1C(=O)c1ccccc13. The Morgan fingerprint density at radius 2 is 1.44 bits per heavy atom. The number of ether oxygens (including phenoxy) is 1. The molecule has 5 aromatic carbocycles. The zero-order chi connectivity index (χ0) is 29.5. The highest BCUT2D eigenvalue weighted by Crippen LogP contribution is 2.59. The third-order valence-electron chi connectivity index (χ3n) is 8.93. The topological polar surface area (TPSA) is 82.7 Å². The number of carbonyl (C=O) groups is 2. The minimum Gasteiger partial charge on any atom is -0.456 e. The normalized spacial score (nSPS) is 17.4. The van der Waals surface area contributed by atoms with Crippen molar-refractivity contribution in [3.8, 4) is 22.6 Å². The lowest BCUT2D eigenvalue weighted by atomic mass is 9.74. The molecule has 3 heterocycles. The molecule has 3 aliphatic heterocycles. The van der Waals surface area contributed by atoms with E-state index >= 15 is 0 Å². The van der Waals surface area contributed by atoms with E-state index in [9.17, 15) is 9.59 Å². The second-order valence-electron chi connectivity index (χ2n) is 11.3. The Labute approximate surface area is 249 Å². The van der Waals surface area contributed by atoms with Crippen LogP contribution < -0.4 is 20.8 Å². The minimum absolute atomic E-state index is 0.267. The molecule has 2 amide bonds. The quantitative estimate of drug-likeness (QED) is 0.215. The molecular weight excluding hydrogens is 536 g/mol. The van der Waals surface area contributed by atoms with Gasteiger partial charge < -0.3 is 15.4 Å². The van der Waals surface area contributed by atoms with Crippen LogP contribution in [0.25, 0.3) is 21.9 Å². The molecule has 0 aliphatic carbocycles. The fraction of sp³-hybridized carbons (Fsp3) is 0.167. The first kappa shape index (κ1) is 25.4. The van der Waals surface area contributed by atoms with Gasteiger partial charge in [-0.05, 0) is 60.9 Å². The lowest BCUT2D eigenvalue weighted by molar-refractivity contribution is 0.0449. The first-order chi connectivity index (χ1) is 21.0. The highest BCUT2D eigenvalue weighted by Gasteiger charge is 2.58. The van der Waals surface area contributed by atoms with Gasteiger partial charge in [-0.15, -0.1) is 0 Å². The molecule has 0 aromatic heterocycles. The van der Waals surface area contributed by atoms with E-state index in [1.165, 1.54) is 0 Å². The smallest absolute Gasteiger partial charge is 0.274 e. The third kappa shape index (κ3) is 3.30. The summed E-state index contributed by atoms with van der Waals surface area (Å²) in [5.41, 5.74) is 9.95. The Morgan fingerprint density at radius 3 is 2.26 bits per heavy atom. The number of aryl methyl sites for hydroxylation is 1. The number of hydrogen-bond donors (Lipinski definition) is 3. The average Bonchev–Trinajstić information content (AvgIpc) is 3.27. The van der Waals surface area contributed by atoms with Crippen molar-refractivity contribution in [3.63, 3.8) is 0 Å². The molecule has 3 N–H and O–H groups in total. The highest BCUT2D eigenvalue weighted by atomic mass is 16.5.